The van der Waals surface area contributed by atoms with Crippen molar-refractivity contribution in [3.8, 4) is 11.1 Å². The second-order valence-corrected chi connectivity index (χ2v) is 6.27. The van der Waals surface area contributed by atoms with Gasteiger partial charge in [-0.3, -0.25) is 11.3 Å². The zero-order valence-corrected chi connectivity index (χ0v) is 12.7. The lowest BCUT2D eigenvalue weighted by molar-refractivity contribution is 0.0468. The molecule has 0 amide bonds. The second-order valence-electron chi connectivity index (χ2n) is 5.12. The van der Waals surface area contributed by atoms with Crippen LogP contribution in [-0.2, 0) is 4.74 Å². The number of ether oxygens (including phenoxy) is 1. The second kappa shape index (κ2) is 7.09. The lowest BCUT2D eigenvalue weighted by atomic mass is 9.98. The third kappa shape index (κ3) is 3.47. The summed E-state index contributed by atoms with van der Waals surface area (Å²) in [4.78, 5) is 0. The number of benzene rings is 2. The molecule has 0 saturated carbocycles. The first-order valence-electron chi connectivity index (χ1n) is 7.19. The van der Waals surface area contributed by atoms with Gasteiger partial charge in [-0.25, -0.2) is 0 Å². The summed E-state index contributed by atoms with van der Waals surface area (Å²) in [7, 11) is 0. The van der Waals surface area contributed by atoms with Crippen LogP contribution in [0.5, 0.6) is 0 Å². The van der Waals surface area contributed by atoms with Crippen molar-refractivity contribution in [2.45, 2.75) is 12.1 Å². The number of rotatable bonds is 4. The summed E-state index contributed by atoms with van der Waals surface area (Å²) in [5.41, 5.74) is 6.52. The first kappa shape index (κ1) is 14.6. The van der Waals surface area contributed by atoms with Crippen LogP contribution in [0.4, 0.5) is 0 Å². The Bertz CT molecular complexity index is 553. The maximum absolute atomic E-state index is 5.84. The Morgan fingerprint density at radius 1 is 1.05 bits per heavy atom. The summed E-state index contributed by atoms with van der Waals surface area (Å²) < 4.78 is 5.84. The molecule has 1 aliphatic rings. The van der Waals surface area contributed by atoms with Crippen molar-refractivity contribution in [3.63, 3.8) is 0 Å². The smallest absolute Gasteiger partial charge is 0.0873 e. The van der Waals surface area contributed by atoms with E-state index >= 15 is 0 Å². The molecule has 0 aliphatic carbocycles. The normalized spacial score (nSPS) is 20.1. The van der Waals surface area contributed by atoms with E-state index in [4.69, 9.17) is 10.6 Å². The summed E-state index contributed by atoms with van der Waals surface area (Å²) in [5.74, 6) is 7.80. The number of hydrogen-bond donors (Lipinski definition) is 2. The largest absolute Gasteiger partial charge is 0.374 e. The number of hydrazine groups is 1. The van der Waals surface area contributed by atoms with E-state index in [0.717, 1.165) is 18.1 Å². The first-order chi connectivity index (χ1) is 10.4. The van der Waals surface area contributed by atoms with Gasteiger partial charge < -0.3 is 4.74 Å². The number of nitrogens with two attached hydrogens (primary N) is 1. The van der Waals surface area contributed by atoms with Crippen LogP contribution in [-0.4, -0.2) is 24.2 Å². The molecule has 21 heavy (non-hydrogen) atoms. The molecule has 0 aromatic heterocycles. The molecule has 2 aromatic carbocycles. The summed E-state index contributed by atoms with van der Waals surface area (Å²) in [6, 6.07) is 19.0. The average Bonchev–Trinajstić information content (AvgIpc) is 2.58. The predicted octanol–water partition coefficient (Wildman–Crippen LogP) is 2.99. The van der Waals surface area contributed by atoms with E-state index in [1.165, 1.54) is 16.7 Å². The molecule has 1 aliphatic heterocycles. The van der Waals surface area contributed by atoms with Gasteiger partial charge in [-0.2, -0.15) is 11.8 Å². The minimum atomic E-state index is 0.0441. The first-order valence-corrected chi connectivity index (χ1v) is 8.35. The standard InChI is InChI=1S/C17H20N2OS/c18-19-17(16-12-21-11-10-20-16)15-8-6-14(7-9-15)13-4-2-1-3-5-13/h1-9,16-17,19H,10-12,18H2. The zero-order chi connectivity index (χ0) is 14.5. The van der Waals surface area contributed by atoms with Crippen LogP contribution in [0.25, 0.3) is 11.1 Å². The van der Waals surface area contributed by atoms with Gasteiger partial charge in [0.1, 0.15) is 0 Å². The van der Waals surface area contributed by atoms with Crippen molar-refractivity contribution in [1.29, 1.82) is 0 Å². The van der Waals surface area contributed by atoms with Crippen molar-refractivity contribution in [2.75, 3.05) is 18.1 Å². The van der Waals surface area contributed by atoms with Crippen molar-refractivity contribution < 1.29 is 4.74 Å². The van der Waals surface area contributed by atoms with Gasteiger partial charge in [0.2, 0.25) is 0 Å². The van der Waals surface area contributed by atoms with Gasteiger partial charge in [-0.15, -0.1) is 0 Å². The Morgan fingerprint density at radius 3 is 2.38 bits per heavy atom. The van der Waals surface area contributed by atoms with Crippen LogP contribution in [0.2, 0.25) is 0 Å². The molecule has 1 fully saturated rings. The zero-order valence-electron chi connectivity index (χ0n) is 11.9. The highest BCUT2D eigenvalue weighted by molar-refractivity contribution is 7.99. The van der Waals surface area contributed by atoms with Crippen molar-refractivity contribution in [1.82, 2.24) is 5.43 Å². The average molecular weight is 300 g/mol. The molecule has 2 aromatic rings. The van der Waals surface area contributed by atoms with Crippen LogP contribution in [0.15, 0.2) is 54.6 Å². The molecule has 3 rings (SSSR count). The maximum Gasteiger partial charge on any atom is 0.0873 e. The lowest BCUT2D eigenvalue weighted by Gasteiger charge is -2.30. The summed E-state index contributed by atoms with van der Waals surface area (Å²) in [6.45, 7) is 0.801. The van der Waals surface area contributed by atoms with E-state index in [1.807, 2.05) is 17.8 Å². The lowest BCUT2D eigenvalue weighted by Crippen LogP contribution is -2.41. The Kier molecular flexibility index (Phi) is 4.93. The third-order valence-corrected chi connectivity index (χ3v) is 4.79. The fourth-order valence-corrected chi connectivity index (χ4v) is 3.53. The van der Waals surface area contributed by atoms with E-state index < -0.39 is 0 Å². The highest BCUT2D eigenvalue weighted by Crippen LogP contribution is 2.27. The summed E-state index contributed by atoms with van der Waals surface area (Å²) in [5, 5.41) is 0. The minimum absolute atomic E-state index is 0.0441. The fraction of sp³-hybridized carbons (Fsp3) is 0.294. The minimum Gasteiger partial charge on any atom is -0.374 e. The molecule has 2 atom stereocenters. The van der Waals surface area contributed by atoms with Crippen LogP contribution < -0.4 is 11.3 Å². The Hall–Kier alpha value is -1.33. The third-order valence-electron chi connectivity index (χ3n) is 3.77. The monoisotopic (exact) mass is 300 g/mol. The van der Waals surface area contributed by atoms with Crippen molar-refractivity contribution in [2.24, 2.45) is 5.84 Å². The molecule has 0 spiro atoms. The van der Waals surface area contributed by atoms with E-state index in [1.54, 1.807) is 0 Å². The summed E-state index contributed by atoms with van der Waals surface area (Å²) >= 11 is 1.92. The number of nitrogens with one attached hydrogen (secondary N) is 1. The molecule has 1 saturated heterocycles. The molecule has 110 valence electrons. The van der Waals surface area contributed by atoms with Gasteiger partial charge in [0, 0.05) is 11.5 Å². The molecule has 1 heterocycles. The topological polar surface area (TPSA) is 47.3 Å². The molecule has 0 radical (unpaired) electrons. The van der Waals surface area contributed by atoms with Crippen LogP contribution in [0.1, 0.15) is 11.6 Å². The van der Waals surface area contributed by atoms with Crippen molar-refractivity contribution >= 4 is 11.8 Å². The molecule has 4 heteroatoms. The quantitative estimate of drug-likeness (QED) is 0.673. The number of hydrogen-bond acceptors (Lipinski definition) is 4. The Morgan fingerprint density at radius 2 is 1.76 bits per heavy atom. The molecular formula is C17H20N2OS. The molecule has 2 unspecified atom stereocenters. The van der Waals surface area contributed by atoms with Gasteiger partial charge in [0.15, 0.2) is 0 Å². The molecule has 3 N–H and O–H groups in total. The summed E-state index contributed by atoms with van der Waals surface area (Å²) in [6.07, 6.45) is 0.135. The molecule has 0 bridgehead atoms. The predicted molar refractivity (Wildman–Crippen MR) is 89.0 cm³/mol. The SMILES string of the molecule is NNC(c1ccc(-c2ccccc2)cc1)C1CSCCO1. The fourth-order valence-electron chi connectivity index (χ4n) is 2.63. The van der Waals surface area contributed by atoms with Crippen LogP contribution in [0, 0.1) is 0 Å². The van der Waals surface area contributed by atoms with E-state index in [9.17, 15) is 0 Å². The van der Waals surface area contributed by atoms with Crippen LogP contribution in [0.3, 0.4) is 0 Å². The molecular weight excluding hydrogens is 280 g/mol. The Balaban J connectivity index is 1.79. The van der Waals surface area contributed by atoms with Crippen molar-refractivity contribution in [3.05, 3.63) is 60.2 Å². The number of thioether (sulfide) groups is 1. The highest BCUT2D eigenvalue weighted by Gasteiger charge is 2.25. The van der Waals surface area contributed by atoms with Gasteiger partial charge in [0.05, 0.1) is 18.8 Å². The van der Waals surface area contributed by atoms with E-state index in [2.05, 4.69) is 54.0 Å². The molecule has 3 nitrogen and oxygen atoms in total. The van der Waals surface area contributed by atoms with Gasteiger partial charge >= 0.3 is 0 Å². The van der Waals surface area contributed by atoms with Gasteiger partial charge in [-0.05, 0) is 16.7 Å². The highest BCUT2D eigenvalue weighted by atomic mass is 32.2. The van der Waals surface area contributed by atoms with E-state index in [0.29, 0.717) is 0 Å². The van der Waals surface area contributed by atoms with Gasteiger partial charge in [-0.1, -0.05) is 54.6 Å². The Labute approximate surface area is 129 Å². The maximum atomic E-state index is 5.84. The van der Waals surface area contributed by atoms with Gasteiger partial charge in [0.25, 0.3) is 0 Å². The van der Waals surface area contributed by atoms with Crippen LogP contribution >= 0.6 is 11.8 Å². The van der Waals surface area contributed by atoms with E-state index in [-0.39, 0.29) is 12.1 Å².